The van der Waals surface area contributed by atoms with Gasteiger partial charge in [-0.15, -0.1) is 0 Å². The molecule has 0 saturated carbocycles. The maximum Gasteiger partial charge on any atom is 0.251 e. The van der Waals surface area contributed by atoms with Crippen LogP contribution in [0.2, 0.25) is 10.0 Å². The average Bonchev–Trinajstić information content (AvgIpc) is 2.25. The van der Waals surface area contributed by atoms with Crippen LogP contribution in [0.15, 0.2) is 12.1 Å². The molecule has 1 rings (SSSR count). The zero-order chi connectivity index (χ0) is 13.0. The number of nitrogens with one attached hydrogen (secondary N) is 1. The van der Waals surface area contributed by atoms with Crippen molar-refractivity contribution >= 4 is 29.1 Å². The molecule has 1 atom stereocenters. The Hall–Kier alpha value is -0.970. The molecule has 0 bridgehead atoms. The van der Waals surface area contributed by atoms with Gasteiger partial charge in [0.15, 0.2) is 5.75 Å². The number of hydrogen-bond acceptors (Lipinski definition) is 3. The Bertz CT molecular complexity index is 398. The van der Waals surface area contributed by atoms with Gasteiger partial charge >= 0.3 is 0 Å². The number of aliphatic hydroxyl groups excluding tert-OH is 1. The zero-order valence-electron chi connectivity index (χ0n) is 9.46. The van der Waals surface area contributed by atoms with Crippen LogP contribution in [0, 0.1) is 0 Å². The van der Waals surface area contributed by atoms with E-state index in [2.05, 4.69) is 5.32 Å². The van der Waals surface area contributed by atoms with Crippen LogP contribution in [-0.2, 0) is 0 Å². The molecule has 1 aromatic carbocycles. The summed E-state index contributed by atoms with van der Waals surface area (Å²) in [5.74, 6) is -0.0160. The van der Waals surface area contributed by atoms with E-state index in [4.69, 9.17) is 33.0 Å². The number of halogens is 2. The highest BCUT2D eigenvalue weighted by Crippen LogP contribution is 2.33. The third-order valence-electron chi connectivity index (χ3n) is 2.02. The van der Waals surface area contributed by atoms with Crippen LogP contribution in [-0.4, -0.2) is 30.8 Å². The third-order valence-corrected chi connectivity index (χ3v) is 2.58. The quantitative estimate of drug-likeness (QED) is 0.886. The lowest BCUT2D eigenvalue weighted by Crippen LogP contribution is -2.30. The van der Waals surface area contributed by atoms with Gasteiger partial charge in [-0.25, -0.2) is 0 Å². The van der Waals surface area contributed by atoms with E-state index in [-0.39, 0.29) is 22.5 Å². The Morgan fingerprint density at radius 2 is 2.00 bits per heavy atom. The number of benzene rings is 1. The molecule has 0 heterocycles. The van der Waals surface area contributed by atoms with Crippen LogP contribution in [0.4, 0.5) is 0 Å². The van der Waals surface area contributed by atoms with Gasteiger partial charge in [-0.05, 0) is 19.1 Å². The van der Waals surface area contributed by atoms with Gasteiger partial charge in [0.2, 0.25) is 0 Å². The minimum absolute atomic E-state index is 0.167. The Balaban J connectivity index is 2.89. The van der Waals surface area contributed by atoms with Crippen LogP contribution >= 0.6 is 23.2 Å². The maximum atomic E-state index is 11.7. The van der Waals surface area contributed by atoms with Gasteiger partial charge in [-0.1, -0.05) is 23.2 Å². The van der Waals surface area contributed by atoms with Crippen molar-refractivity contribution in [2.45, 2.75) is 13.0 Å². The van der Waals surface area contributed by atoms with Gasteiger partial charge in [-0.3, -0.25) is 4.79 Å². The molecule has 0 aliphatic carbocycles. The Morgan fingerprint density at radius 3 is 2.41 bits per heavy atom. The molecular formula is C11H13Cl2NO3. The van der Waals surface area contributed by atoms with Crippen molar-refractivity contribution in [1.29, 1.82) is 0 Å². The van der Waals surface area contributed by atoms with Gasteiger partial charge in [0.05, 0.1) is 23.3 Å². The van der Waals surface area contributed by atoms with E-state index in [0.717, 1.165) is 0 Å². The minimum Gasteiger partial charge on any atom is -0.494 e. The molecule has 0 fully saturated rings. The molecule has 1 unspecified atom stereocenters. The first kappa shape index (κ1) is 14.1. The molecule has 0 spiro atoms. The molecular weight excluding hydrogens is 265 g/mol. The molecule has 2 N–H and O–H groups in total. The van der Waals surface area contributed by atoms with Crippen LogP contribution in [0.25, 0.3) is 0 Å². The average molecular weight is 278 g/mol. The Labute approximate surface area is 109 Å². The van der Waals surface area contributed by atoms with E-state index in [1.165, 1.54) is 19.2 Å². The Morgan fingerprint density at radius 1 is 1.47 bits per heavy atom. The summed E-state index contributed by atoms with van der Waals surface area (Å²) in [6.07, 6.45) is -0.608. The van der Waals surface area contributed by atoms with Crippen molar-refractivity contribution in [3.8, 4) is 5.75 Å². The van der Waals surface area contributed by atoms with Gasteiger partial charge < -0.3 is 15.2 Å². The van der Waals surface area contributed by atoms with Crippen molar-refractivity contribution in [2.24, 2.45) is 0 Å². The summed E-state index contributed by atoms with van der Waals surface area (Å²) < 4.78 is 4.97. The molecule has 0 aliphatic heterocycles. The number of methoxy groups -OCH3 is 1. The van der Waals surface area contributed by atoms with Crippen molar-refractivity contribution in [3.63, 3.8) is 0 Å². The van der Waals surface area contributed by atoms with E-state index >= 15 is 0 Å². The highest BCUT2D eigenvalue weighted by atomic mass is 35.5. The van der Waals surface area contributed by atoms with E-state index in [0.29, 0.717) is 11.3 Å². The molecule has 0 radical (unpaired) electrons. The van der Waals surface area contributed by atoms with Crippen molar-refractivity contribution in [1.82, 2.24) is 5.32 Å². The van der Waals surface area contributed by atoms with Crippen molar-refractivity contribution in [3.05, 3.63) is 27.7 Å². The molecule has 0 aromatic heterocycles. The number of ether oxygens (including phenoxy) is 1. The molecule has 17 heavy (non-hydrogen) atoms. The van der Waals surface area contributed by atoms with E-state index < -0.39 is 6.10 Å². The van der Waals surface area contributed by atoms with Crippen LogP contribution < -0.4 is 10.1 Å². The van der Waals surface area contributed by atoms with Crippen LogP contribution in [0.1, 0.15) is 17.3 Å². The fraction of sp³-hybridized carbons (Fsp3) is 0.364. The number of amides is 1. The molecule has 0 saturated heterocycles. The summed E-state index contributed by atoms with van der Waals surface area (Å²) in [5, 5.41) is 12.1. The van der Waals surface area contributed by atoms with Gasteiger partial charge in [0.25, 0.3) is 5.91 Å². The lowest BCUT2D eigenvalue weighted by molar-refractivity contribution is 0.0924. The SMILES string of the molecule is COc1c(Cl)cc(C(=O)NCC(C)O)cc1Cl. The first-order chi connectivity index (χ1) is 7.95. The van der Waals surface area contributed by atoms with Gasteiger partial charge in [0.1, 0.15) is 0 Å². The largest absolute Gasteiger partial charge is 0.494 e. The van der Waals surface area contributed by atoms with Crippen LogP contribution in [0.5, 0.6) is 5.75 Å². The molecule has 1 amide bonds. The topological polar surface area (TPSA) is 58.6 Å². The van der Waals surface area contributed by atoms with E-state index in [1.54, 1.807) is 6.92 Å². The summed E-state index contributed by atoms with van der Waals surface area (Å²) >= 11 is 11.8. The minimum atomic E-state index is -0.608. The smallest absolute Gasteiger partial charge is 0.251 e. The first-order valence-electron chi connectivity index (χ1n) is 4.95. The second-order valence-electron chi connectivity index (χ2n) is 3.53. The third kappa shape index (κ3) is 3.77. The van der Waals surface area contributed by atoms with E-state index in [9.17, 15) is 4.79 Å². The predicted molar refractivity (Wildman–Crippen MR) is 67.0 cm³/mol. The molecule has 1 aromatic rings. The standard InChI is InChI=1S/C11H13Cl2NO3/c1-6(15)5-14-11(16)7-3-8(12)10(17-2)9(13)4-7/h3-4,6,15H,5H2,1-2H3,(H,14,16). The summed E-state index contributed by atoms with van der Waals surface area (Å²) in [6.45, 7) is 1.74. The molecule has 6 heteroatoms. The van der Waals surface area contributed by atoms with Gasteiger partial charge in [0, 0.05) is 12.1 Å². The molecule has 4 nitrogen and oxygen atoms in total. The van der Waals surface area contributed by atoms with Gasteiger partial charge in [-0.2, -0.15) is 0 Å². The molecule has 94 valence electrons. The van der Waals surface area contributed by atoms with Crippen molar-refractivity contribution in [2.75, 3.05) is 13.7 Å². The van der Waals surface area contributed by atoms with Crippen molar-refractivity contribution < 1.29 is 14.6 Å². The summed E-state index contributed by atoms with van der Waals surface area (Å²) in [7, 11) is 1.44. The highest BCUT2D eigenvalue weighted by molar-refractivity contribution is 6.37. The zero-order valence-corrected chi connectivity index (χ0v) is 11.0. The van der Waals surface area contributed by atoms with Crippen LogP contribution in [0.3, 0.4) is 0 Å². The second kappa shape index (κ2) is 6.10. The number of hydrogen-bond donors (Lipinski definition) is 2. The lowest BCUT2D eigenvalue weighted by Gasteiger charge is -2.10. The fourth-order valence-electron chi connectivity index (χ4n) is 1.23. The summed E-state index contributed by atoms with van der Waals surface area (Å²) in [4.78, 5) is 11.7. The Kier molecular flexibility index (Phi) is 5.05. The molecule has 0 aliphatic rings. The number of rotatable bonds is 4. The number of aliphatic hydroxyl groups is 1. The second-order valence-corrected chi connectivity index (χ2v) is 4.35. The monoisotopic (exact) mass is 277 g/mol. The summed E-state index contributed by atoms with van der Waals surface area (Å²) in [5.41, 5.74) is 0.321. The predicted octanol–water partition coefficient (Wildman–Crippen LogP) is 2.11. The highest BCUT2D eigenvalue weighted by Gasteiger charge is 2.13. The fourth-order valence-corrected chi connectivity index (χ4v) is 1.87. The first-order valence-corrected chi connectivity index (χ1v) is 5.70. The number of carbonyl (C=O) groups excluding carboxylic acids is 1. The lowest BCUT2D eigenvalue weighted by atomic mass is 10.2. The maximum absolute atomic E-state index is 11.7. The normalized spacial score (nSPS) is 12.1. The number of carbonyl (C=O) groups is 1. The summed E-state index contributed by atoms with van der Waals surface area (Å²) in [6, 6.07) is 2.92. The van der Waals surface area contributed by atoms with E-state index in [1.807, 2.05) is 0 Å².